The molecule has 112 valence electrons. The monoisotopic (exact) mass is 365 g/mol. The molecule has 6 heteroatoms. The van der Waals surface area contributed by atoms with Crippen LogP contribution in [-0.4, -0.2) is 14.7 Å². The number of hydrogen-bond donors (Lipinski definition) is 3. The van der Waals surface area contributed by atoms with Crippen molar-refractivity contribution in [3.8, 4) is 0 Å². The average molecular weight is 363 g/mol. The largest absolute Gasteiger partial charge is 0.466 e. The summed E-state index contributed by atoms with van der Waals surface area (Å²) in [6, 6.07) is 0. The summed E-state index contributed by atoms with van der Waals surface area (Å²) in [5, 5.41) is 0. The molecule has 0 atom stereocenters. The molecule has 0 rings (SSSR count). The Balaban J connectivity index is -0.000000321. The molecular weight excluding hydrogens is 335 g/mol. The molecular formula is C12H28MoO4P-. The summed E-state index contributed by atoms with van der Waals surface area (Å²) in [6.07, 6.45) is 13.9. The Hall–Kier alpha value is 0.798. The Bertz CT molecular complexity index is 167. The van der Waals surface area contributed by atoms with E-state index < -0.39 is 7.82 Å². The first-order valence-corrected chi connectivity index (χ1v) is 8.05. The quantitative estimate of drug-likeness (QED) is 0.252. The van der Waals surface area contributed by atoms with Crippen molar-refractivity contribution in [3.05, 3.63) is 6.92 Å². The van der Waals surface area contributed by atoms with Crippen LogP contribution in [0.5, 0.6) is 0 Å². The van der Waals surface area contributed by atoms with E-state index in [9.17, 15) is 0 Å². The second kappa shape index (κ2) is 17.8. The van der Waals surface area contributed by atoms with Crippen LogP contribution in [0.3, 0.4) is 0 Å². The van der Waals surface area contributed by atoms with Crippen molar-refractivity contribution in [3.63, 3.8) is 0 Å². The topological polar surface area (TPSA) is 77.8 Å². The maximum atomic E-state index is 8.88. The van der Waals surface area contributed by atoms with Crippen LogP contribution in [0.1, 0.15) is 71.1 Å². The minimum Gasteiger partial charge on any atom is -0.343 e. The molecule has 0 unspecified atom stereocenters. The molecule has 0 heterocycles. The van der Waals surface area contributed by atoms with Gasteiger partial charge < -0.3 is 21.6 Å². The fraction of sp³-hybridized carbons (Fsp3) is 0.917. The van der Waals surface area contributed by atoms with Gasteiger partial charge in [-0.25, -0.2) is 4.57 Å². The molecule has 4 nitrogen and oxygen atoms in total. The molecule has 0 spiro atoms. The SMILES string of the molecule is O=P(O)(O)O.[CH2-]CCCCCCCCCCC.[Mo]. The van der Waals surface area contributed by atoms with Gasteiger partial charge in [0.15, 0.2) is 0 Å². The van der Waals surface area contributed by atoms with Crippen molar-refractivity contribution in [2.75, 3.05) is 0 Å². The van der Waals surface area contributed by atoms with Crippen LogP contribution in [0.4, 0.5) is 0 Å². The molecule has 0 aromatic carbocycles. The van der Waals surface area contributed by atoms with Gasteiger partial charge in [-0.3, -0.25) is 0 Å². The smallest absolute Gasteiger partial charge is 0.343 e. The Morgan fingerprint density at radius 3 is 1.39 bits per heavy atom. The van der Waals surface area contributed by atoms with Crippen molar-refractivity contribution in [2.45, 2.75) is 71.1 Å². The van der Waals surface area contributed by atoms with Gasteiger partial charge >= 0.3 is 7.82 Å². The molecule has 0 fully saturated rings. The maximum Gasteiger partial charge on any atom is 0.466 e. The summed E-state index contributed by atoms with van der Waals surface area (Å²) in [5.74, 6) is 0. The Morgan fingerprint density at radius 2 is 1.11 bits per heavy atom. The first-order valence-electron chi connectivity index (χ1n) is 6.49. The predicted molar refractivity (Wildman–Crippen MR) is 71.5 cm³/mol. The van der Waals surface area contributed by atoms with Gasteiger partial charge in [0, 0.05) is 21.1 Å². The van der Waals surface area contributed by atoms with E-state index in [2.05, 4.69) is 13.8 Å². The van der Waals surface area contributed by atoms with Gasteiger partial charge in [-0.1, -0.05) is 64.7 Å². The van der Waals surface area contributed by atoms with E-state index in [-0.39, 0.29) is 21.1 Å². The van der Waals surface area contributed by atoms with Gasteiger partial charge in [-0.15, -0.1) is 0 Å². The van der Waals surface area contributed by atoms with Crippen molar-refractivity contribution >= 4 is 7.82 Å². The van der Waals surface area contributed by atoms with Gasteiger partial charge in [0.1, 0.15) is 0 Å². The molecule has 18 heavy (non-hydrogen) atoms. The second-order valence-corrected chi connectivity index (χ2v) is 5.22. The summed E-state index contributed by atoms with van der Waals surface area (Å²) >= 11 is 0. The summed E-state index contributed by atoms with van der Waals surface area (Å²) in [7, 11) is -4.64. The minimum absolute atomic E-state index is 0. The van der Waals surface area contributed by atoms with Crippen molar-refractivity contribution < 1.29 is 40.3 Å². The first-order chi connectivity index (χ1) is 7.91. The third kappa shape index (κ3) is 43.7. The summed E-state index contributed by atoms with van der Waals surface area (Å²) < 4.78 is 8.88. The predicted octanol–water partition coefficient (Wildman–Crippen LogP) is 3.81. The molecule has 0 aliphatic carbocycles. The molecule has 0 bridgehead atoms. The molecule has 0 aliphatic rings. The third-order valence-corrected chi connectivity index (χ3v) is 2.35. The number of unbranched alkanes of at least 4 members (excludes halogenated alkanes) is 9. The van der Waals surface area contributed by atoms with E-state index in [1.54, 1.807) is 0 Å². The fourth-order valence-corrected chi connectivity index (χ4v) is 1.49. The van der Waals surface area contributed by atoms with Crippen LogP contribution in [0.15, 0.2) is 0 Å². The number of rotatable bonds is 9. The summed E-state index contributed by atoms with van der Waals surface area (Å²) in [4.78, 5) is 21.6. The molecule has 3 N–H and O–H groups in total. The van der Waals surface area contributed by atoms with Gasteiger partial charge in [0.2, 0.25) is 0 Å². The molecule has 0 saturated heterocycles. The van der Waals surface area contributed by atoms with Crippen molar-refractivity contribution in [1.82, 2.24) is 0 Å². The van der Waals surface area contributed by atoms with Crippen LogP contribution < -0.4 is 0 Å². The Labute approximate surface area is 126 Å². The number of phosphoric acid groups is 1. The molecule has 0 aromatic rings. The van der Waals surface area contributed by atoms with E-state index in [4.69, 9.17) is 19.2 Å². The summed E-state index contributed by atoms with van der Waals surface area (Å²) in [5.41, 5.74) is 0. The van der Waals surface area contributed by atoms with Crippen LogP contribution in [0.2, 0.25) is 0 Å². The van der Waals surface area contributed by atoms with E-state index in [1.165, 1.54) is 57.8 Å². The van der Waals surface area contributed by atoms with E-state index in [1.807, 2.05) is 0 Å². The van der Waals surface area contributed by atoms with Crippen LogP contribution in [0, 0.1) is 6.92 Å². The standard InChI is InChI=1S/C12H25.Mo.H3O4P/c1-3-5-7-9-11-12-10-8-6-4-2;;1-5(2,3)4/h1,3-12H2,2H3;;(H3,1,2,3,4)/q-1;;. The van der Waals surface area contributed by atoms with Crippen molar-refractivity contribution in [2.24, 2.45) is 0 Å². The minimum atomic E-state index is -4.64. The van der Waals surface area contributed by atoms with Crippen LogP contribution in [-0.2, 0) is 25.6 Å². The van der Waals surface area contributed by atoms with Gasteiger partial charge in [0.05, 0.1) is 0 Å². The molecule has 0 amide bonds. The van der Waals surface area contributed by atoms with Crippen molar-refractivity contribution in [1.29, 1.82) is 0 Å². The second-order valence-electron chi connectivity index (χ2n) is 4.20. The average Bonchev–Trinajstić information content (AvgIpc) is 2.20. The molecule has 0 saturated carbocycles. The zero-order valence-electron chi connectivity index (χ0n) is 11.4. The van der Waals surface area contributed by atoms with Gasteiger partial charge in [0.25, 0.3) is 0 Å². The summed E-state index contributed by atoms with van der Waals surface area (Å²) in [6.45, 7) is 6.12. The molecule has 0 radical (unpaired) electrons. The van der Waals surface area contributed by atoms with E-state index >= 15 is 0 Å². The van der Waals surface area contributed by atoms with Gasteiger partial charge in [-0.05, 0) is 0 Å². The van der Waals surface area contributed by atoms with Crippen LogP contribution in [0.25, 0.3) is 0 Å². The maximum absolute atomic E-state index is 8.88. The fourth-order valence-electron chi connectivity index (χ4n) is 1.49. The zero-order valence-corrected chi connectivity index (χ0v) is 14.3. The number of hydrogen-bond acceptors (Lipinski definition) is 1. The first kappa shape index (κ1) is 23.9. The van der Waals surface area contributed by atoms with E-state index in [0.29, 0.717) is 0 Å². The zero-order chi connectivity index (χ0) is 13.6. The Morgan fingerprint density at radius 1 is 0.833 bits per heavy atom. The third-order valence-electron chi connectivity index (χ3n) is 2.35. The molecule has 0 aliphatic heterocycles. The molecule has 0 aromatic heterocycles. The Kier molecular flexibility index (Phi) is 23.6. The van der Waals surface area contributed by atoms with E-state index in [0.717, 1.165) is 6.42 Å². The van der Waals surface area contributed by atoms with Crippen LogP contribution >= 0.6 is 7.82 Å². The normalized spacial score (nSPS) is 10.3. The van der Waals surface area contributed by atoms with Gasteiger partial charge in [-0.2, -0.15) is 6.42 Å².